The zero-order valence-corrected chi connectivity index (χ0v) is 10.8. The molecule has 20 heavy (non-hydrogen) atoms. The van der Waals surface area contributed by atoms with E-state index in [2.05, 4.69) is 0 Å². The lowest BCUT2D eigenvalue weighted by atomic mass is 10.1. The third-order valence-electron chi connectivity index (χ3n) is 2.80. The van der Waals surface area contributed by atoms with Crippen LogP contribution in [0.15, 0.2) is 22.6 Å². The number of amides is 1. The molecule has 0 aliphatic heterocycles. The van der Waals surface area contributed by atoms with Gasteiger partial charge in [0.15, 0.2) is 5.76 Å². The maximum atomic E-state index is 12.1. The average molecular weight is 287 g/mol. The number of rotatable bonds is 3. The molecule has 2 rings (SSSR count). The van der Waals surface area contributed by atoms with E-state index in [0.29, 0.717) is 22.3 Å². The Balaban J connectivity index is 2.30. The van der Waals surface area contributed by atoms with Crippen molar-refractivity contribution in [3.63, 3.8) is 0 Å². The molecule has 0 radical (unpaired) electrons. The Bertz CT molecular complexity index is 646. The molecule has 1 heterocycles. The van der Waals surface area contributed by atoms with Crippen molar-refractivity contribution in [1.82, 2.24) is 5.32 Å². The summed E-state index contributed by atoms with van der Waals surface area (Å²) in [6, 6.07) is 4.90. The number of fused-ring (bicyclic) bond motifs is 1. The van der Waals surface area contributed by atoms with Gasteiger partial charge in [0.1, 0.15) is 17.9 Å². The SMILES string of the molecule is COc1ccc2oc(C(=O)NCC(F)(F)F)c(C)c2c1. The van der Waals surface area contributed by atoms with E-state index in [4.69, 9.17) is 9.15 Å². The molecule has 1 N–H and O–H groups in total. The van der Waals surface area contributed by atoms with Gasteiger partial charge in [-0.3, -0.25) is 4.79 Å². The highest BCUT2D eigenvalue weighted by Gasteiger charge is 2.29. The molecule has 1 amide bonds. The van der Waals surface area contributed by atoms with Gasteiger partial charge in [0.2, 0.25) is 0 Å². The highest BCUT2D eigenvalue weighted by atomic mass is 19.4. The standard InChI is InChI=1S/C13H12F3NO3/c1-7-9-5-8(19-2)3-4-10(9)20-11(7)12(18)17-6-13(14,15)16/h3-5H,6H2,1-2H3,(H,17,18). The van der Waals surface area contributed by atoms with E-state index in [1.807, 2.05) is 0 Å². The smallest absolute Gasteiger partial charge is 0.405 e. The molecule has 0 spiro atoms. The van der Waals surface area contributed by atoms with Crippen molar-refractivity contribution in [3.8, 4) is 5.75 Å². The third kappa shape index (κ3) is 2.87. The molecule has 108 valence electrons. The van der Waals surface area contributed by atoms with E-state index < -0.39 is 18.6 Å². The van der Waals surface area contributed by atoms with Gasteiger partial charge in [-0.25, -0.2) is 0 Å². The van der Waals surface area contributed by atoms with Gasteiger partial charge >= 0.3 is 6.18 Å². The monoisotopic (exact) mass is 287 g/mol. The number of hydrogen-bond acceptors (Lipinski definition) is 3. The Labute approximate surface area is 112 Å². The van der Waals surface area contributed by atoms with Gasteiger partial charge in [-0.1, -0.05) is 0 Å². The van der Waals surface area contributed by atoms with Crippen molar-refractivity contribution in [2.45, 2.75) is 13.1 Å². The fourth-order valence-corrected chi connectivity index (χ4v) is 1.80. The highest BCUT2D eigenvalue weighted by Crippen LogP contribution is 2.28. The van der Waals surface area contributed by atoms with Crippen molar-refractivity contribution in [2.75, 3.05) is 13.7 Å². The van der Waals surface area contributed by atoms with Crippen molar-refractivity contribution in [2.24, 2.45) is 0 Å². The predicted molar refractivity (Wildman–Crippen MR) is 65.9 cm³/mol. The van der Waals surface area contributed by atoms with Gasteiger partial charge in [-0.15, -0.1) is 0 Å². The van der Waals surface area contributed by atoms with E-state index in [-0.39, 0.29) is 5.76 Å². The number of hydrogen-bond donors (Lipinski definition) is 1. The molecule has 0 aliphatic rings. The first-order valence-corrected chi connectivity index (χ1v) is 5.74. The van der Waals surface area contributed by atoms with E-state index in [1.54, 1.807) is 30.4 Å². The Morgan fingerprint density at radius 3 is 2.70 bits per heavy atom. The molecule has 1 aromatic carbocycles. The summed E-state index contributed by atoms with van der Waals surface area (Å²) in [5.74, 6) is -0.448. The van der Waals surface area contributed by atoms with Crippen LogP contribution in [0.25, 0.3) is 11.0 Å². The van der Waals surface area contributed by atoms with Crippen LogP contribution in [0.3, 0.4) is 0 Å². The van der Waals surface area contributed by atoms with Crippen LogP contribution in [0.1, 0.15) is 16.1 Å². The van der Waals surface area contributed by atoms with Crippen LogP contribution >= 0.6 is 0 Å². The van der Waals surface area contributed by atoms with Gasteiger partial charge in [-0.05, 0) is 25.1 Å². The highest BCUT2D eigenvalue weighted by molar-refractivity contribution is 5.99. The van der Waals surface area contributed by atoms with Crippen LogP contribution in [0.5, 0.6) is 5.75 Å². The average Bonchev–Trinajstić information content (AvgIpc) is 2.72. The van der Waals surface area contributed by atoms with Gasteiger partial charge in [0.05, 0.1) is 7.11 Å². The molecular weight excluding hydrogens is 275 g/mol. The maximum Gasteiger partial charge on any atom is 0.405 e. The third-order valence-corrected chi connectivity index (χ3v) is 2.80. The second-order valence-corrected chi connectivity index (χ2v) is 4.22. The fraction of sp³-hybridized carbons (Fsp3) is 0.308. The Morgan fingerprint density at radius 1 is 1.40 bits per heavy atom. The quantitative estimate of drug-likeness (QED) is 0.944. The number of carbonyl (C=O) groups is 1. The summed E-state index contributed by atoms with van der Waals surface area (Å²) in [7, 11) is 1.49. The first-order chi connectivity index (χ1) is 9.31. The normalized spacial score (nSPS) is 11.7. The molecule has 0 fully saturated rings. The summed E-state index contributed by atoms with van der Waals surface area (Å²) in [6.45, 7) is 0.208. The number of halogens is 3. The van der Waals surface area contributed by atoms with Crippen LogP contribution in [0.4, 0.5) is 13.2 Å². The molecule has 1 aromatic heterocycles. The number of aryl methyl sites for hydroxylation is 1. The topological polar surface area (TPSA) is 51.5 Å². The van der Waals surface area contributed by atoms with Crippen LogP contribution in [0, 0.1) is 6.92 Å². The molecule has 0 aliphatic carbocycles. The van der Waals surface area contributed by atoms with Crippen LogP contribution in [0.2, 0.25) is 0 Å². The van der Waals surface area contributed by atoms with Gasteiger partial charge in [0, 0.05) is 10.9 Å². The van der Waals surface area contributed by atoms with Crippen LogP contribution < -0.4 is 10.1 Å². The zero-order valence-electron chi connectivity index (χ0n) is 10.8. The van der Waals surface area contributed by atoms with E-state index in [9.17, 15) is 18.0 Å². The number of methoxy groups -OCH3 is 1. The Kier molecular flexibility index (Phi) is 3.61. The number of alkyl halides is 3. The lowest BCUT2D eigenvalue weighted by Gasteiger charge is -2.06. The number of carbonyl (C=O) groups excluding carboxylic acids is 1. The molecular formula is C13H12F3NO3. The molecule has 7 heteroatoms. The first-order valence-electron chi connectivity index (χ1n) is 5.74. The minimum absolute atomic E-state index is 0.127. The second kappa shape index (κ2) is 5.07. The van der Waals surface area contributed by atoms with Crippen molar-refractivity contribution >= 4 is 16.9 Å². The largest absolute Gasteiger partial charge is 0.497 e. The summed E-state index contributed by atoms with van der Waals surface area (Å²) < 4.78 is 46.6. The minimum atomic E-state index is -4.46. The van der Waals surface area contributed by atoms with Crippen LogP contribution in [-0.2, 0) is 0 Å². The van der Waals surface area contributed by atoms with Crippen LogP contribution in [-0.4, -0.2) is 25.7 Å². The molecule has 0 saturated heterocycles. The van der Waals surface area contributed by atoms with Gasteiger partial charge < -0.3 is 14.5 Å². The zero-order chi connectivity index (χ0) is 14.9. The van der Waals surface area contributed by atoms with E-state index in [1.165, 1.54) is 7.11 Å². The molecule has 0 atom stereocenters. The maximum absolute atomic E-state index is 12.1. The van der Waals surface area contributed by atoms with Crippen molar-refractivity contribution in [1.29, 1.82) is 0 Å². The van der Waals surface area contributed by atoms with Gasteiger partial charge in [-0.2, -0.15) is 13.2 Å². The molecule has 0 saturated carbocycles. The number of furan rings is 1. The summed E-state index contributed by atoms with van der Waals surface area (Å²) >= 11 is 0. The molecule has 4 nitrogen and oxygen atoms in total. The number of nitrogens with one attached hydrogen (secondary N) is 1. The summed E-state index contributed by atoms with van der Waals surface area (Å²) in [6.07, 6.45) is -4.46. The van der Waals surface area contributed by atoms with Crippen molar-refractivity contribution in [3.05, 3.63) is 29.5 Å². The summed E-state index contributed by atoms with van der Waals surface area (Å²) in [5, 5.41) is 2.41. The number of ether oxygens (including phenoxy) is 1. The lowest BCUT2D eigenvalue weighted by molar-refractivity contribution is -0.123. The second-order valence-electron chi connectivity index (χ2n) is 4.22. The molecule has 0 bridgehead atoms. The molecule has 2 aromatic rings. The van der Waals surface area contributed by atoms with E-state index in [0.717, 1.165) is 0 Å². The predicted octanol–water partition coefficient (Wildman–Crippen LogP) is 3.04. The fourth-order valence-electron chi connectivity index (χ4n) is 1.80. The van der Waals surface area contributed by atoms with Crippen molar-refractivity contribution < 1.29 is 27.1 Å². The number of benzene rings is 1. The van der Waals surface area contributed by atoms with E-state index >= 15 is 0 Å². The molecule has 0 unspecified atom stereocenters. The summed E-state index contributed by atoms with van der Waals surface area (Å²) in [4.78, 5) is 11.7. The summed E-state index contributed by atoms with van der Waals surface area (Å²) in [5.41, 5.74) is 0.888. The van der Waals surface area contributed by atoms with Gasteiger partial charge in [0.25, 0.3) is 5.91 Å². The minimum Gasteiger partial charge on any atom is -0.497 e. The Hall–Kier alpha value is -2.18. The lowest BCUT2D eigenvalue weighted by Crippen LogP contribution is -2.33. The first kappa shape index (κ1) is 14.2. The Morgan fingerprint density at radius 2 is 2.10 bits per heavy atom.